The summed E-state index contributed by atoms with van der Waals surface area (Å²) in [4.78, 5) is 0. The summed E-state index contributed by atoms with van der Waals surface area (Å²) in [6.45, 7) is 5.31. The van der Waals surface area contributed by atoms with Gasteiger partial charge in [-0.05, 0) is 38.8 Å². The van der Waals surface area contributed by atoms with E-state index in [2.05, 4.69) is 41.6 Å². The molecule has 5 nitrogen and oxygen atoms in total. The third kappa shape index (κ3) is 3.48. The van der Waals surface area contributed by atoms with Crippen molar-refractivity contribution in [2.45, 2.75) is 39.2 Å². The molecule has 0 spiro atoms. The molecule has 0 aromatic carbocycles. The molecular formula is C15H25N5. The van der Waals surface area contributed by atoms with Crippen LogP contribution in [0.3, 0.4) is 0 Å². The summed E-state index contributed by atoms with van der Waals surface area (Å²) in [6, 6.07) is 2.45. The number of hydrogen-bond acceptors (Lipinski definition) is 3. The van der Waals surface area contributed by atoms with Crippen LogP contribution < -0.4 is 5.32 Å². The molecular weight excluding hydrogens is 250 g/mol. The van der Waals surface area contributed by atoms with Gasteiger partial charge in [0.1, 0.15) is 0 Å². The van der Waals surface area contributed by atoms with E-state index in [1.165, 1.54) is 11.3 Å². The van der Waals surface area contributed by atoms with Crippen molar-refractivity contribution >= 4 is 0 Å². The van der Waals surface area contributed by atoms with Crippen molar-refractivity contribution in [1.82, 2.24) is 24.9 Å². The lowest BCUT2D eigenvalue weighted by molar-refractivity contribution is 0.489. The van der Waals surface area contributed by atoms with Crippen LogP contribution in [0.2, 0.25) is 0 Å². The summed E-state index contributed by atoms with van der Waals surface area (Å²) >= 11 is 0. The predicted molar refractivity (Wildman–Crippen MR) is 80.5 cm³/mol. The maximum Gasteiger partial charge on any atom is 0.0641 e. The van der Waals surface area contributed by atoms with E-state index >= 15 is 0 Å². The zero-order chi connectivity index (χ0) is 14.5. The molecule has 20 heavy (non-hydrogen) atoms. The lowest BCUT2D eigenvalue weighted by atomic mass is 10.0. The van der Waals surface area contributed by atoms with Crippen molar-refractivity contribution in [2.24, 2.45) is 14.1 Å². The van der Waals surface area contributed by atoms with Crippen molar-refractivity contribution in [3.63, 3.8) is 0 Å². The molecule has 2 rings (SSSR count). The van der Waals surface area contributed by atoms with E-state index in [1.54, 1.807) is 0 Å². The van der Waals surface area contributed by atoms with Crippen molar-refractivity contribution in [3.8, 4) is 0 Å². The van der Waals surface area contributed by atoms with Gasteiger partial charge in [0.15, 0.2) is 0 Å². The van der Waals surface area contributed by atoms with Gasteiger partial charge in [0.25, 0.3) is 0 Å². The van der Waals surface area contributed by atoms with E-state index in [0.717, 1.165) is 31.5 Å². The Hall–Kier alpha value is -1.62. The Bertz CT molecular complexity index is 540. The summed E-state index contributed by atoms with van der Waals surface area (Å²) in [5.74, 6) is 0. The van der Waals surface area contributed by atoms with E-state index < -0.39 is 0 Å². The molecule has 0 amide bonds. The molecule has 0 saturated carbocycles. The summed E-state index contributed by atoms with van der Waals surface area (Å²) in [5.41, 5.74) is 3.70. The van der Waals surface area contributed by atoms with Gasteiger partial charge in [0, 0.05) is 43.8 Å². The summed E-state index contributed by atoms with van der Waals surface area (Å²) in [6.07, 6.45) is 7.21. The smallest absolute Gasteiger partial charge is 0.0641 e. The largest absolute Gasteiger partial charge is 0.310 e. The van der Waals surface area contributed by atoms with Gasteiger partial charge in [-0.1, -0.05) is 6.92 Å². The van der Waals surface area contributed by atoms with Gasteiger partial charge in [-0.3, -0.25) is 9.36 Å². The Labute approximate surface area is 121 Å². The molecule has 1 N–H and O–H groups in total. The van der Waals surface area contributed by atoms with Gasteiger partial charge < -0.3 is 5.32 Å². The fourth-order valence-corrected chi connectivity index (χ4v) is 2.58. The van der Waals surface area contributed by atoms with Crippen LogP contribution in [-0.4, -0.2) is 26.1 Å². The molecule has 2 aromatic rings. The normalized spacial score (nSPS) is 12.8. The SMILES string of the molecule is CCCNC(CCc1ccnn1C)c1cn(C)nc1C. The molecule has 110 valence electrons. The second-order valence-electron chi connectivity index (χ2n) is 5.34. The van der Waals surface area contributed by atoms with E-state index in [0.29, 0.717) is 6.04 Å². The highest BCUT2D eigenvalue weighted by Gasteiger charge is 2.16. The summed E-state index contributed by atoms with van der Waals surface area (Å²) < 4.78 is 3.85. The van der Waals surface area contributed by atoms with Gasteiger partial charge in [0.2, 0.25) is 0 Å². The Morgan fingerprint density at radius 3 is 2.70 bits per heavy atom. The maximum atomic E-state index is 4.46. The van der Waals surface area contributed by atoms with E-state index in [1.807, 2.05) is 29.7 Å². The molecule has 0 radical (unpaired) electrons. The van der Waals surface area contributed by atoms with Crippen LogP contribution in [0.1, 0.15) is 42.8 Å². The van der Waals surface area contributed by atoms with Crippen LogP contribution in [0.25, 0.3) is 0 Å². The zero-order valence-corrected chi connectivity index (χ0v) is 12.9. The van der Waals surface area contributed by atoms with Crippen molar-refractivity contribution in [1.29, 1.82) is 0 Å². The predicted octanol–water partition coefficient (Wildman–Crippen LogP) is 2.14. The van der Waals surface area contributed by atoms with Crippen LogP contribution in [0.4, 0.5) is 0 Å². The standard InChI is InChI=1S/C15H25N5/c1-5-9-16-15(14-11-19(3)18-12(14)2)7-6-13-8-10-17-20(13)4/h8,10-11,15-16H,5-7,9H2,1-4H3. The van der Waals surface area contributed by atoms with E-state index in [4.69, 9.17) is 0 Å². The minimum Gasteiger partial charge on any atom is -0.310 e. The van der Waals surface area contributed by atoms with Gasteiger partial charge in [-0.2, -0.15) is 10.2 Å². The highest BCUT2D eigenvalue weighted by Crippen LogP contribution is 2.21. The van der Waals surface area contributed by atoms with Gasteiger partial charge in [0.05, 0.1) is 5.69 Å². The fourth-order valence-electron chi connectivity index (χ4n) is 2.58. The Morgan fingerprint density at radius 2 is 2.15 bits per heavy atom. The Kier molecular flexibility index (Phi) is 4.95. The second-order valence-corrected chi connectivity index (χ2v) is 5.34. The van der Waals surface area contributed by atoms with Crippen LogP contribution in [0.15, 0.2) is 18.5 Å². The average molecular weight is 275 g/mol. The maximum absolute atomic E-state index is 4.46. The van der Waals surface area contributed by atoms with Crippen molar-refractivity contribution < 1.29 is 0 Å². The third-order valence-corrected chi connectivity index (χ3v) is 3.68. The monoisotopic (exact) mass is 275 g/mol. The molecule has 2 heterocycles. The second kappa shape index (κ2) is 6.70. The first-order chi connectivity index (χ1) is 9.61. The number of rotatable bonds is 7. The lowest BCUT2D eigenvalue weighted by Crippen LogP contribution is -2.23. The average Bonchev–Trinajstić information content (AvgIpc) is 2.96. The van der Waals surface area contributed by atoms with Crippen molar-refractivity contribution in [3.05, 3.63) is 35.4 Å². The fraction of sp³-hybridized carbons (Fsp3) is 0.600. The quantitative estimate of drug-likeness (QED) is 0.842. The molecule has 1 unspecified atom stereocenters. The lowest BCUT2D eigenvalue weighted by Gasteiger charge is -2.18. The van der Waals surface area contributed by atoms with Crippen LogP contribution in [-0.2, 0) is 20.5 Å². The molecule has 0 bridgehead atoms. The number of nitrogens with one attached hydrogen (secondary N) is 1. The number of hydrogen-bond donors (Lipinski definition) is 1. The van der Waals surface area contributed by atoms with Crippen LogP contribution in [0.5, 0.6) is 0 Å². The topological polar surface area (TPSA) is 47.7 Å². The van der Waals surface area contributed by atoms with Gasteiger partial charge in [-0.25, -0.2) is 0 Å². The number of aromatic nitrogens is 4. The van der Waals surface area contributed by atoms with Crippen molar-refractivity contribution in [2.75, 3.05) is 6.54 Å². The highest BCUT2D eigenvalue weighted by atomic mass is 15.3. The van der Waals surface area contributed by atoms with Gasteiger partial charge >= 0.3 is 0 Å². The minimum absolute atomic E-state index is 0.360. The number of nitrogens with zero attached hydrogens (tertiary/aromatic N) is 4. The number of aryl methyl sites for hydroxylation is 4. The first-order valence-electron chi connectivity index (χ1n) is 7.32. The Balaban J connectivity index is 2.07. The molecule has 5 heteroatoms. The van der Waals surface area contributed by atoms with Crippen LogP contribution >= 0.6 is 0 Å². The molecule has 1 atom stereocenters. The molecule has 0 saturated heterocycles. The molecule has 0 fully saturated rings. The first-order valence-corrected chi connectivity index (χ1v) is 7.32. The molecule has 0 aliphatic rings. The summed E-state index contributed by atoms with van der Waals surface area (Å²) in [5, 5.41) is 12.3. The molecule has 0 aliphatic carbocycles. The van der Waals surface area contributed by atoms with E-state index in [-0.39, 0.29) is 0 Å². The van der Waals surface area contributed by atoms with Gasteiger partial charge in [-0.15, -0.1) is 0 Å². The molecule has 2 aromatic heterocycles. The molecule has 0 aliphatic heterocycles. The highest BCUT2D eigenvalue weighted by molar-refractivity contribution is 5.20. The zero-order valence-electron chi connectivity index (χ0n) is 12.9. The van der Waals surface area contributed by atoms with Crippen LogP contribution in [0, 0.1) is 6.92 Å². The Morgan fingerprint density at radius 1 is 1.35 bits per heavy atom. The first kappa shape index (κ1) is 14.8. The third-order valence-electron chi connectivity index (χ3n) is 3.68. The summed E-state index contributed by atoms with van der Waals surface area (Å²) in [7, 11) is 3.98. The minimum atomic E-state index is 0.360. The van der Waals surface area contributed by atoms with E-state index in [9.17, 15) is 0 Å².